The molecule has 0 N–H and O–H groups in total. The fourth-order valence-corrected chi connectivity index (χ4v) is 3.28. The number of fused-ring (bicyclic) bond motifs is 1. The molecule has 0 saturated carbocycles. The van der Waals surface area contributed by atoms with Crippen LogP contribution in [0.15, 0.2) is 53.1 Å². The van der Waals surface area contributed by atoms with Crippen molar-refractivity contribution in [2.75, 3.05) is 13.2 Å². The van der Waals surface area contributed by atoms with E-state index < -0.39 is 4.92 Å². The zero-order valence-corrected chi connectivity index (χ0v) is 16.0. The predicted molar refractivity (Wildman–Crippen MR) is 105 cm³/mol. The Morgan fingerprint density at radius 2 is 1.93 bits per heavy atom. The second-order valence-electron chi connectivity index (χ2n) is 6.55. The summed E-state index contributed by atoms with van der Waals surface area (Å²) in [4.78, 5) is 24.5. The van der Waals surface area contributed by atoms with E-state index in [0.29, 0.717) is 36.0 Å². The molecular weight excluding hydrogens is 398 g/mol. The Balaban J connectivity index is 1.42. The minimum Gasteiger partial charge on any atom is -0.484 e. The number of ether oxygens (including phenoxy) is 1. The van der Waals surface area contributed by atoms with Crippen molar-refractivity contribution in [1.29, 1.82) is 0 Å². The largest absolute Gasteiger partial charge is 0.484 e. The van der Waals surface area contributed by atoms with Gasteiger partial charge in [-0.15, -0.1) is 0 Å². The Morgan fingerprint density at radius 3 is 2.62 bits per heavy atom. The molecule has 1 aromatic heterocycles. The Kier molecular flexibility index (Phi) is 5.18. The van der Waals surface area contributed by atoms with E-state index in [-0.39, 0.29) is 18.2 Å². The SMILES string of the molecule is O=C(COc1ccc([N+](=O)[O-])cc1)N1CCc2noc(-c3ccc(Cl)cc3)c2C1. The van der Waals surface area contributed by atoms with Gasteiger partial charge in [-0.25, -0.2) is 0 Å². The first-order valence-electron chi connectivity index (χ1n) is 8.89. The van der Waals surface area contributed by atoms with Gasteiger partial charge in [-0.05, 0) is 36.4 Å². The highest BCUT2D eigenvalue weighted by molar-refractivity contribution is 6.30. The molecule has 148 valence electrons. The van der Waals surface area contributed by atoms with E-state index in [9.17, 15) is 14.9 Å². The minimum absolute atomic E-state index is 0.0329. The normalized spacial score (nSPS) is 13.1. The zero-order valence-electron chi connectivity index (χ0n) is 15.2. The maximum absolute atomic E-state index is 12.6. The fourth-order valence-electron chi connectivity index (χ4n) is 3.15. The van der Waals surface area contributed by atoms with Crippen LogP contribution in [-0.4, -0.2) is 34.0 Å². The molecule has 1 amide bonds. The van der Waals surface area contributed by atoms with Crippen molar-refractivity contribution in [1.82, 2.24) is 10.1 Å². The molecule has 29 heavy (non-hydrogen) atoms. The molecule has 0 saturated heterocycles. The van der Waals surface area contributed by atoms with Crippen molar-refractivity contribution in [3.8, 4) is 17.1 Å². The Bertz CT molecular complexity index is 1050. The van der Waals surface area contributed by atoms with Crippen LogP contribution in [0.4, 0.5) is 5.69 Å². The second kappa shape index (κ2) is 7.92. The van der Waals surface area contributed by atoms with Crippen LogP contribution in [0.25, 0.3) is 11.3 Å². The number of non-ortho nitro benzene ring substituents is 1. The number of nitrogens with zero attached hydrogens (tertiary/aromatic N) is 3. The Labute approximate surface area is 170 Å². The van der Waals surface area contributed by atoms with E-state index in [4.69, 9.17) is 20.9 Å². The summed E-state index contributed by atoms with van der Waals surface area (Å²) in [6.07, 6.45) is 0.593. The van der Waals surface area contributed by atoms with Gasteiger partial charge in [0.1, 0.15) is 5.75 Å². The van der Waals surface area contributed by atoms with E-state index in [1.165, 1.54) is 24.3 Å². The maximum atomic E-state index is 12.6. The first-order valence-corrected chi connectivity index (χ1v) is 9.27. The number of aromatic nitrogens is 1. The molecule has 2 heterocycles. The van der Waals surface area contributed by atoms with Crippen molar-refractivity contribution in [2.45, 2.75) is 13.0 Å². The molecule has 1 aliphatic heterocycles. The number of halogens is 1. The van der Waals surface area contributed by atoms with Gasteiger partial charge < -0.3 is 14.2 Å². The van der Waals surface area contributed by atoms with Crippen LogP contribution < -0.4 is 4.74 Å². The van der Waals surface area contributed by atoms with Crippen LogP contribution in [0.2, 0.25) is 5.02 Å². The number of nitro groups is 1. The molecule has 2 aromatic carbocycles. The van der Waals surface area contributed by atoms with Crippen molar-refractivity contribution in [3.05, 3.63) is 74.9 Å². The van der Waals surface area contributed by atoms with Gasteiger partial charge >= 0.3 is 0 Å². The highest BCUT2D eigenvalue weighted by Gasteiger charge is 2.27. The van der Waals surface area contributed by atoms with E-state index in [2.05, 4.69) is 5.16 Å². The van der Waals surface area contributed by atoms with Gasteiger partial charge in [0.05, 0.1) is 17.2 Å². The van der Waals surface area contributed by atoms with Crippen LogP contribution in [-0.2, 0) is 17.8 Å². The first-order chi connectivity index (χ1) is 14.0. The van der Waals surface area contributed by atoms with Crippen molar-refractivity contribution in [2.24, 2.45) is 0 Å². The number of benzene rings is 2. The lowest BCUT2D eigenvalue weighted by Gasteiger charge is -2.26. The molecule has 8 nitrogen and oxygen atoms in total. The summed E-state index contributed by atoms with van der Waals surface area (Å²) in [5.41, 5.74) is 2.53. The van der Waals surface area contributed by atoms with Crippen LogP contribution in [0, 0.1) is 10.1 Å². The third kappa shape index (κ3) is 4.07. The van der Waals surface area contributed by atoms with Gasteiger partial charge in [-0.3, -0.25) is 14.9 Å². The average Bonchev–Trinajstić information content (AvgIpc) is 3.16. The summed E-state index contributed by atoms with van der Waals surface area (Å²) < 4.78 is 11.0. The molecule has 0 aliphatic carbocycles. The number of carbonyl (C=O) groups is 1. The summed E-state index contributed by atoms with van der Waals surface area (Å²) >= 11 is 5.94. The summed E-state index contributed by atoms with van der Waals surface area (Å²) in [6, 6.07) is 12.9. The van der Waals surface area contributed by atoms with E-state index in [1.807, 2.05) is 12.1 Å². The standard InChI is InChI=1S/C20H16ClN3O5/c21-14-3-1-13(2-4-14)20-17-11-23(10-9-18(17)22-29-20)19(25)12-28-16-7-5-15(6-8-16)24(26)27/h1-8H,9-12H2. The molecule has 0 fully saturated rings. The molecule has 3 aromatic rings. The molecule has 0 spiro atoms. The van der Waals surface area contributed by atoms with Gasteiger partial charge in [-0.2, -0.15) is 0 Å². The van der Waals surface area contributed by atoms with Gasteiger partial charge in [0, 0.05) is 41.2 Å². The molecule has 4 rings (SSSR count). The molecule has 0 radical (unpaired) electrons. The summed E-state index contributed by atoms with van der Waals surface area (Å²) in [5, 5.41) is 15.5. The number of nitro benzene ring substituents is 1. The van der Waals surface area contributed by atoms with E-state index in [0.717, 1.165) is 16.8 Å². The summed E-state index contributed by atoms with van der Waals surface area (Å²) in [5.74, 6) is 0.844. The topological polar surface area (TPSA) is 98.7 Å². The number of hydrogen-bond acceptors (Lipinski definition) is 6. The van der Waals surface area contributed by atoms with Gasteiger partial charge in [0.2, 0.25) is 0 Å². The molecule has 0 atom stereocenters. The molecule has 0 bridgehead atoms. The average molecular weight is 414 g/mol. The highest BCUT2D eigenvalue weighted by atomic mass is 35.5. The smallest absolute Gasteiger partial charge is 0.269 e. The third-order valence-electron chi connectivity index (χ3n) is 4.71. The lowest BCUT2D eigenvalue weighted by Crippen LogP contribution is -2.38. The van der Waals surface area contributed by atoms with Gasteiger partial charge in [0.15, 0.2) is 12.4 Å². The number of rotatable bonds is 5. The lowest BCUT2D eigenvalue weighted by molar-refractivity contribution is -0.384. The van der Waals surface area contributed by atoms with E-state index >= 15 is 0 Å². The Morgan fingerprint density at radius 1 is 1.21 bits per heavy atom. The van der Waals surface area contributed by atoms with Crippen molar-refractivity contribution >= 4 is 23.2 Å². The molecular formula is C20H16ClN3O5. The van der Waals surface area contributed by atoms with Crippen LogP contribution in [0.1, 0.15) is 11.3 Å². The molecule has 9 heteroatoms. The fraction of sp³-hybridized carbons (Fsp3) is 0.200. The highest BCUT2D eigenvalue weighted by Crippen LogP contribution is 2.31. The maximum Gasteiger partial charge on any atom is 0.269 e. The van der Waals surface area contributed by atoms with Crippen molar-refractivity contribution < 1.29 is 19.0 Å². The van der Waals surface area contributed by atoms with Gasteiger partial charge in [-0.1, -0.05) is 16.8 Å². The zero-order chi connectivity index (χ0) is 20.4. The minimum atomic E-state index is -0.489. The quantitative estimate of drug-likeness (QED) is 0.465. The lowest BCUT2D eigenvalue weighted by atomic mass is 10.0. The number of hydrogen-bond donors (Lipinski definition) is 0. The van der Waals surface area contributed by atoms with Crippen LogP contribution >= 0.6 is 11.6 Å². The molecule has 0 unspecified atom stereocenters. The van der Waals surface area contributed by atoms with Crippen molar-refractivity contribution in [3.63, 3.8) is 0 Å². The van der Waals surface area contributed by atoms with Gasteiger partial charge in [0.25, 0.3) is 11.6 Å². The first kappa shape index (κ1) is 18.9. The molecule has 1 aliphatic rings. The number of carbonyl (C=O) groups excluding carboxylic acids is 1. The van der Waals surface area contributed by atoms with Crippen LogP contribution in [0.5, 0.6) is 5.75 Å². The number of amides is 1. The monoisotopic (exact) mass is 413 g/mol. The third-order valence-corrected chi connectivity index (χ3v) is 4.96. The Hall–Kier alpha value is -3.39. The summed E-state index contributed by atoms with van der Waals surface area (Å²) in [7, 11) is 0. The van der Waals surface area contributed by atoms with E-state index in [1.54, 1.807) is 17.0 Å². The van der Waals surface area contributed by atoms with Crippen LogP contribution in [0.3, 0.4) is 0 Å². The summed E-state index contributed by atoms with van der Waals surface area (Å²) in [6.45, 7) is 0.732. The predicted octanol–water partition coefficient (Wildman–Crippen LogP) is 3.87. The second-order valence-corrected chi connectivity index (χ2v) is 6.99.